The highest BCUT2D eigenvalue weighted by Crippen LogP contribution is 2.39. The standard InChI is InChI=1S/C21H29N3O3/c1-14-8-17(23(2)22-14)13-24-11-15-9-18(25)21(10-16(15)12-24)27-20-7-5-4-6-19(20)26-3/h4-8,15-16,18,21,25H,9-13H2,1-3H3/t15-,16+,18+,21+/m0/s1. The van der Waals surface area contributed by atoms with Crippen molar-refractivity contribution in [1.82, 2.24) is 14.7 Å². The number of nitrogens with zero attached hydrogens (tertiary/aromatic N) is 3. The fourth-order valence-electron chi connectivity index (χ4n) is 4.66. The first-order valence-electron chi connectivity index (χ1n) is 9.73. The number of hydrogen-bond donors (Lipinski definition) is 1. The quantitative estimate of drug-likeness (QED) is 0.875. The van der Waals surface area contributed by atoms with E-state index in [1.165, 1.54) is 5.69 Å². The van der Waals surface area contributed by atoms with Crippen LogP contribution in [0.4, 0.5) is 0 Å². The highest BCUT2D eigenvalue weighted by Gasteiger charge is 2.42. The molecule has 6 nitrogen and oxygen atoms in total. The van der Waals surface area contributed by atoms with Crippen LogP contribution < -0.4 is 9.47 Å². The predicted molar refractivity (Wildman–Crippen MR) is 103 cm³/mol. The van der Waals surface area contributed by atoms with Crippen LogP contribution in [0, 0.1) is 18.8 Å². The predicted octanol–water partition coefficient (Wildman–Crippen LogP) is 2.39. The van der Waals surface area contributed by atoms with E-state index in [0.717, 1.165) is 38.2 Å². The number of aryl methyl sites for hydroxylation is 2. The maximum absolute atomic E-state index is 10.7. The summed E-state index contributed by atoms with van der Waals surface area (Å²) in [6, 6.07) is 9.81. The van der Waals surface area contributed by atoms with Crippen LogP contribution in [0.2, 0.25) is 0 Å². The highest BCUT2D eigenvalue weighted by atomic mass is 16.5. The van der Waals surface area contributed by atoms with E-state index in [1.54, 1.807) is 7.11 Å². The first-order valence-corrected chi connectivity index (χ1v) is 9.73. The number of hydrogen-bond acceptors (Lipinski definition) is 5. The van der Waals surface area contributed by atoms with Crippen LogP contribution in [0.15, 0.2) is 30.3 Å². The normalized spacial score (nSPS) is 28.1. The molecule has 4 atom stereocenters. The minimum atomic E-state index is -0.435. The lowest BCUT2D eigenvalue weighted by molar-refractivity contribution is -0.0240. The zero-order valence-corrected chi connectivity index (χ0v) is 16.3. The van der Waals surface area contributed by atoms with Gasteiger partial charge in [0.05, 0.1) is 24.6 Å². The van der Waals surface area contributed by atoms with E-state index in [-0.39, 0.29) is 6.10 Å². The van der Waals surface area contributed by atoms with Crippen molar-refractivity contribution in [1.29, 1.82) is 0 Å². The SMILES string of the molecule is COc1ccccc1O[C@@H]1C[C@@H]2CN(Cc3cc(C)nn3C)C[C@@H]2C[C@H]1O. The maximum atomic E-state index is 10.7. The summed E-state index contributed by atoms with van der Waals surface area (Å²) in [5.41, 5.74) is 2.30. The van der Waals surface area contributed by atoms with Crippen LogP contribution in [0.1, 0.15) is 24.2 Å². The van der Waals surface area contributed by atoms with E-state index >= 15 is 0 Å². The summed E-state index contributed by atoms with van der Waals surface area (Å²) in [6.07, 6.45) is 1.06. The summed E-state index contributed by atoms with van der Waals surface area (Å²) >= 11 is 0. The van der Waals surface area contributed by atoms with Gasteiger partial charge in [-0.1, -0.05) is 12.1 Å². The van der Waals surface area contributed by atoms with Crippen LogP contribution in [0.5, 0.6) is 11.5 Å². The van der Waals surface area contributed by atoms with Gasteiger partial charge in [0, 0.05) is 26.7 Å². The number of rotatable bonds is 5. The largest absolute Gasteiger partial charge is 0.493 e. The van der Waals surface area contributed by atoms with Gasteiger partial charge in [-0.3, -0.25) is 9.58 Å². The third kappa shape index (κ3) is 3.82. The molecule has 2 fully saturated rings. The Balaban J connectivity index is 1.40. The van der Waals surface area contributed by atoms with Crippen molar-refractivity contribution in [2.45, 2.75) is 38.5 Å². The molecule has 2 aliphatic rings. The maximum Gasteiger partial charge on any atom is 0.161 e. The molecule has 1 aliphatic carbocycles. The average molecular weight is 371 g/mol. The lowest BCUT2D eigenvalue weighted by atomic mass is 9.78. The summed E-state index contributed by atoms with van der Waals surface area (Å²) < 4.78 is 13.5. The van der Waals surface area contributed by atoms with Gasteiger partial charge in [0.2, 0.25) is 0 Å². The molecule has 1 saturated carbocycles. The lowest BCUT2D eigenvalue weighted by Crippen LogP contribution is -2.42. The van der Waals surface area contributed by atoms with Crippen molar-refractivity contribution >= 4 is 0 Å². The molecule has 0 spiro atoms. The molecule has 1 N–H and O–H groups in total. The molecule has 4 rings (SSSR count). The molecular weight excluding hydrogens is 342 g/mol. The smallest absolute Gasteiger partial charge is 0.161 e. The van der Waals surface area contributed by atoms with Crippen LogP contribution in [-0.4, -0.2) is 52.2 Å². The van der Waals surface area contributed by atoms with Gasteiger partial charge in [-0.15, -0.1) is 0 Å². The molecule has 0 amide bonds. The Hall–Kier alpha value is -2.05. The Morgan fingerprint density at radius 3 is 2.52 bits per heavy atom. The number of aromatic nitrogens is 2. The number of aliphatic hydroxyl groups is 1. The zero-order chi connectivity index (χ0) is 19.0. The third-order valence-electron chi connectivity index (χ3n) is 5.99. The number of benzene rings is 1. The van der Waals surface area contributed by atoms with Crippen LogP contribution >= 0.6 is 0 Å². The van der Waals surface area contributed by atoms with E-state index in [2.05, 4.69) is 16.1 Å². The van der Waals surface area contributed by atoms with E-state index in [9.17, 15) is 5.11 Å². The second-order valence-electron chi connectivity index (χ2n) is 7.96. The van der Waals surface area contributed by atoms with E-state index < -0.39 is 6.10 Å². The Kier molecular flexibility index (Phi) is 5.10. The third-order valence-corrected chi connectivity index (χ3v) is 5.99. The Labute approximate surface area is 160 Å². The van der Waals surface area contributed by atoms with Gasteiger partial charge < -0.3 is 14.6 Å². The summed E-state index contributed by atoms with van der Waals surface area (Å²) in [5.74, 6) is 2.52. The van der Waals surface area contributed by atoms with Crippen molar-refractivity contribution in [2.75, 3.05) is 20.2 Å². The summed E-state index contributed by atoms with van der Waals surface area (Å²) in [6.45, 7) is 5.03. The van der Waals surface area contributed by atoms with Gasteiger partial charge >= 0.3 is 0 Å². The van der Waals surface area contributed by atoms with Crippen molar-refractivity contribution in [3.05, 3.63) is 41.7 Å². The summed E-state index contributed by atoms with van der Waals surface area (Å²) in [5, 5.41) is 15.1. The molecule has 0 radical (unpaired) electrons. The molecule has 1 aliphatic heterocycles. The molecule has 146 valence electrons. The first kappa shape index (κ1) is 18.3. The van der Waals surface area contributed by atoms with Crippen LogP contribution in [0.25, 0.3) is 0 Å². The molecule has 2 aromatic rings. The fraction of sp³-hybridized carbons (Fsp3) is 0.571. The molecule has 27 heavy (non-hydrogen) atoms. The number of aliphatic hydroxyl groups excluding tert-OH is 1. The van der Waals surface area contributed by atoms with Gasteiger partial charge in [0.15, 0.2) is 11.5 Å². The molecule has 0 bridgehead atoms. The fourth-order valence-corrected chi connectivity index (χ4v) is 4.66. The van der Waals surface area contributed by atoms with Gasteiger partial charge in [-0.2, -0.15) is 5.10 Å². The average Bonchev–Trinajstić information content (AvgIpc) is 3.17. The second kappa shape index (κ2) is 7.52. The molecule has 2 heterocycles. The van der Waals surface area contributed by atoms with Gasteiger partial charge in [0.25, 0.3) is 0 Å². The van der Waals surface area contributed by atoms with Crippen LogP contribution in [-0.2, 0) is 13.6 Å². The van der Waals surface area contributed by atoms with Crippen molar-refractivity contribution in [3.63, 3.8) is 0 Å². The molecule has 1 saturated heterocycles. The molecular formula is C21H29N3O3. The van der Waals surface area contributed by atoms with Crippen molar-refractivity contribution < 1.29 is 14.6 Å². The van der Waals surface area contributed by atoms with Crippen molar-refractivity contribution in [3.8, 4) is 11.5 Å². The van der Waals surface area contributed by atoms with E-state index in [0.29, 0.717) is 23.3 Å². The Bertz CT molecular complexity index is 791. The number of para-hydroxylation sites is 2. The summed E-state index contributed by atoms with van der Waals surface area (Å²) in [7, 11) is 3.65. The molecule has 1 aromatic heterocycles. The number of ether oxygens (including phenoxy) is 2. The zero-order valence-electron chi connectivity index (χ0n) is 16.3. The number of methoxy groups -OCH3 is 1. The van der Waals surface area contributed by atoms with Gasteiger partial charge in [-0.05, 0) is 49.8 Å². The monoisotopic (exact) mass is 371 g/mol. The lowest BCUT2D eigenvalue weighted by Gasteiger charge is -2.35. The highest BCUT2D eigenvalue weighted by molar-refractivity contribution is 5.39. The van der Waals surface area contributed by atoms with E-state index in [4.69, 9.17) is 9.47 Å². The molecule has 6 heteroatoms. The number of fused-ring (bicyclic) bond motifs is 1. The Morgan fingerprint density at radius 1 is 1.15 bits per heavy atom. The first-order chi connectivity index (χ1) is 13.0. The summed E-state index contributed by atoms with van der Waals surface area (Å²) in [4.78, 5) is 2.49. The Morgan fingerprint density at radius 2 is 1.85 bits per heavy atom. The minimum Gasteiger partial charge on any atom is -0.493 e. The van der Waals surface area contributed by atoms with Crippen molar-refractivity contribution in [2.24, 2.45) is 18.9 Å². The minimum absolute atomic E-state index is 0.179. The van der Waals surface area contributed by atoms with Crippen LogP contribution in [0.3, 0.4) is 0 Å². The second-order valence-corrected chi connectivity index (χ2v) is 7.96. The molecule has 1 aromatic carbocycles. The topological polar surface area (TPSA) is 59.8 Å². The molecule has 0 unspecified atom stereocenters. The number of likely N-dealkylation sites (tertiary alicyclic amines) is 1. The van der Waals surface area contributed by atoms with Gasteiger partial charge in [0.1, 0.15) is 6.10 Å². The van der Waals surface area contributed by atoms with Gasteiger partial charge in [-0.25, -0.2) is 0 Å². The van der Waals surface area contributed by atoms with E-state index in [1.807, 2.05) is 42.9 Å².